The van der Waals surface area contributed by atoms with Crippen molar-refractivity contribution in [2.75, 3.05) is 36.4 Å². The molecule has 0 bridgehead atoms. The number of hydrogen-bond donors (Lipinski definition) is 2. The first kappa shape index (κ1) is 18.1. The highest BCUT2D eigenvalue weighted by Gasteiger charge is 2.24. The van der Waals surface area contributed by atoms with Gasteiger partial charge in [-0.05, 0) is 31.5 Å². The summed E-state index contributed by atoms with van der Waals surface area (Å²) < 4.78 is 1.80. The van der Waals surface area contributed by atoms with Crippen molar-refractivity contribution in [2.24, 2.45) is 7.05 Å². The zero-order valence-corrected chi connectivity index (χ0v) is 16.5. The second-order valence-electron chi connectivity index (χ2n) is 6.87. The molecular weight excluding hydrogens is 364 g/mol. The van der Waals surface area contributed by atoms with E-state index in [1.54, 1.807) is 11.6 Å². The highest BCUT2D eigenvalue weighted by molar-refractivity contribution is 7.19. The molecule has 2 atom stereocenters. The van der Waals surface area contributed by atoms with Crippen LogP contribution in [0.2, 0.25) is 0 Å². The Bertz CT molecular complexity index is 915. The van der Waals surface area contributed by atoms with E-state index in [1.807, 2.05) is 7.05 Å². The molecule has 10 heteroatoms. The molecule has 3 heterocycles. The molecule has 0 radical (unpaired) electrons. The maximum Gasteiger partial charge on any atom is 0.210 e. The number of fused-ring (bicyclic) bond motifs is 1. The van der Waals surface area contributed by atoms with E-state index in [0.29, 0.717) is 11.2 Å². The monoisotopic (exact) mass is 388 g/mol. The Balaban J connectivity index is 1.39. The van der Waals surface area contributed by atoms with Crippen LogP contribution in [0.5, 0.6) is 0 Å². The molecule has 1 saturated heterocycles. The van der Waals surface area contributed by atoms with E-state index in [9.17, 15) is 5.11 Å². The first-order valence-electron chi connectivity index (χ1n) is 9.07. The van der Waals surface area contributed by atoms with E-state index in [-0.39, 0.29) is 0 Å². The summed E-state index contributed by atoms with van der Waals surface area (Å²) in [5.41, 5.74) is 3.25. The molecule has 4 rings (SSSR count). The third-order valence-corrected chi connectivity index (χ3v) is 5.91. The molecule has 9 nitrogen and oxygen atoms in total. The lowest BCUT2D eigenvalue weighted by atomic mass is 10.1. The summed E-state index contributed by atoms with van der Waals surface area (Å²) in [4.78, 5) is 4.73. The lowest BCUT2D eigenvalue weighted by Gasteiger charge is -2.37. The first-order chi connectivity index (χ1) is 13.0. The summed E-state index contributed by atoms with van der Waals surface area (Å²) in [6.45, 7) is 7.63. The maximum atomic E-state index is 9.39. The molecule has 144 valence electrons. The third-order valence-electron chi connectivity index (χ3n) is 5.00. The van der Waals surface area contributed by atoms with Gasteiger partial charge in [-0.1, -0.05) is 22.6 Å². The normalized spacial score (nSPS) is 18.0. The largest absolute Gasteiger partial charge is 0.374 e. The quantitative estimate of drug-likeness (QED) is 0.634. The smallest absolute Gasteiger partial charge is 0.210 e. The molecule has 1 aromatic carbocycles. The highest BCUT2D eigenvalue weighted by atomic mass is 32.1. The molecule has 1 fully saturated rings. The van der Waals surface area contributed by atoms with Gasteiger partial charge in [0.25, 0.3) is 0 Å². The van der Waals surface area contributed by atoms with Crippen LogP contribution in [-0.4, -0.2) is 67.6 Å². The molecular formula is C17H24N8OS. The second-order valence-corrected chi connectivity index (χ2v) is 7.83. The minimum Gasteiger partial charge on any atom is -0.374 e. The van der Waals surface area contributed by atoms with E-state index < -0.39 is 6.23 Å². The van der Waals surface area contributed by atoms with Crippen molar-refractivity contribution in [2.45, 2.75) is 26.1 Å². The number of aryl methyl sites for hydroxylation is 1. The highest BCUT2D eigenvalue weighted by Crippen LogP contribution is 2.28. The number of nitrogens with one attached hydrogen (secondary N) is 1. The SMILES string of the molecule is CC(O)Nc1nnc(N2CCN(C(C)c3ccc4c(c3)nnn4C)CC2)s1. The molecule has 0 spiro atoms. The number of rotatable bonds is 5. The van der Waals surface area contributed by atoms with Crippen molar-refractivity contribution in [1.29, 1.82) is 0 Å². The Morgan fingerprint density at radius 3 is 2.63 bits per heavy atom. The van der Waals surface area contributed by atoms with Crippen molar-refractivity contribution in [3.05, 3.63) is 23.8 Å². The fourth-order valence-electron chi connectivity index (χ4n) is 3.41. The van der Waals surface area contributed by atoms with Crippen LogP contribution in [-0.2, 0) is 7.05 Å². The number of nitrogens with zero attached hydrogens (tertiary/aromatic N) is 7. The van der Waals surface area contributed by atoms with Crippen LogP contribution in [0.3, 0.4) is 0 Å². The number of benzene rings is 1. The minimum atomic E-state index is -0.629. The van der Waals surface area contributed by atoms with E-state index in [4.69, 9.17) is 0 Å². The maximum absolute atomic E-state index is 9.39. The van der Waals surface area contributed by atoms with Gasteiger partial charge in [0.2, 0.25) is 10.3 Å². The Labute approximate surface area is 161 Å². The van der Waals surface area contributed by atoms with Crippen LogP contribution in [0, 0.1) is 0 Å². The first-order valence-corrected chi connectivity index (χ1v) is 9.89. The van der Waals surface area contributed by atoms with E-state index in [2.05, 4.69) is 60.7 Å². The zero-order valence-electron chi connectivity index (χ0n) is 15.7. The summed E-state index contributed by atoms with van der Waals surface area (Å²) in [5.74, 6) is 0. The van der Waals surface area contributed by atoms with Crippen LogP contribution in [0.1, 0.15) is 25.5 Å². The van der Waals surface area contributed by atoms with Crippen molar-refractivity contribution >= 4 is 32.6 Å². The Hall–Kier alpha value is -2.30. The predicted octanol–water partition coefficient (Wildman–Crippen LogP) is 1.45. The van der Waals surface area contributed by atoms with E-state index >= 15 is 0 Å². The molecule has 2 unspecified atom stereocenters. The molecule has 0 aliphatic carbocycles. The second kappa shape index (κ2) is 7.37. The lowest BCUT2D eigenvalue weighted by molar-refractivity contribution is 0.198. The number of hydrogen-bond acceptors (Lipinski definition) is 9. The van der Waals surface area contributed by atoms with Crippen LogP contribution >= 0.6 is 11.3 Å². The predicted molar refractivity (Wildman–Crippen MR) is 106 cm³/mol. The van der Waals surface area contributed by atoms with E-state index in [0.717, 1.165) is 42.3 Å². The van der Waals surface area contributed by atoms with Gasteiger partial charge in [-0.3, -0.25) is 4.90 Å². The average Bonchev–Trinajstić information content (AvgIpc) is 3.27. The molecule has 1 aliphatic rings. The standard InChI is InChI=1S/C17H24N8OS/c1-11(13-4-5-15-14(10-13)19-22-23(15)3)24-6-8-25(9-7-24)17-21-20-16(27-17)18-12(2)26/h4-5,10-12,26H,6-9H2,1-3H3,(H,18,20). The van der Waals surface area contributed by atoms with Crippen molar-refractivity contribution in [1.82, 2.24) is 30.1 Å². The van der Waals surface area contributed by atoms with Crippen molar-refractivity contribution in [3.8, 4) is 0 Å². The van der Waals surface area contributed by atoms with Gasteiger partial charge in [-0.15, -0.1) is 15.3 Å². The number of aliphatic hydroxyl groups is 1. The number of aromatic nitrogens is 5. The van der Waals surface area contributed by atoms with Gasteiger partial charge in [0.1, 0.15) is 11.7 Å². The van der Waals surface area contributed by atoms with Gasteiger partial charge in [-0.25, -0.2) is 4.68 Å². The Morgan fingerprint density at radius 2 is 1.89 bits per heavy atom. The summed E-state index contributed by atoms with van der Waals surface area (Å²) in [6.07, 6.45) is -0.629. The third kappa shape index (κ3) is 3.73. The number of aliphatic hydroxyl groups excluding tert-OH is 1. The summed E-state index contributed by atoms with van der Waals surface area (Å²) in [5, 5.41) is 30.5. The Kier molecular flexibility index (Phi) is 4.94. The van der Waals surface area contributed by atoms with Crippen molar-refractivity contribution in [3.63, 3.8) is 0 Å². The topological polar surface area (TPSA) is 95.2 Å². The number of piperazine rings is 1. The summed E-state index contributed by atoms with van der Waals surface area (Å²) in [6, 6.07) is 6.72. The van der Waals surface area contributed by atoms with Crippen LogP contribution in [0.25, 0.3) is 11.0 Å². The fraction of sp³-hybridized carbons (Fsp3) is 0.529. The number of anilines is 2. The van der Waals surface area contributed by atoms with Gasteiger partial charge in [0, 0.05) is 39.3 Å². The summed E-state index contributed by atoms with van der Waals surface area (Å²) in [7, 11) is 1.91. The van der Waals surface area contributed by atoms with Crippen LogP contribution in [0.15, 0.2) is 18.2 Å². The van der Waals surface area contributed by atoms with E-state index in [1.165, 1.54) is 16.9 Å². The molecule has 2 aromatic heterocycles. The minimum absolute atomic E-state index is 0.320. The Morgan fingerprint density at radius 1 is 1.11 bits per heavy atom. The molecule has 0 amide bonds. The molecule has 0 saturated carbocycles. The van der Waals surface area contributed by atoms with Gasteiger partial charge >= 0.3 is 0 Å². The molecule has 27 heavy (non-hydrogen) atoms. The van der Waals surface area contributed by atoms with Gasteiger partial charge in [0.05, 0.1) is 5.52 Å². The average molecular weight is 389 g/mol. The molecule has 1 aliphatic heterocycles. The fourth-order valence-corrected chi connectivity index (χ4v) is 4.29. The molecule has 2 N–H and O–H groups in total. The lowest BCUT2D eigenvalue weighted by Crippen LogP contribution is -2.47. The molecule has 3 aromatic rings. The van der Waals surface area contributed by atoms with Crippen LogP contribution in [0.4, 0.5) is 10.3 Å². The van der Waals surface area contributed by atoms with Gasteiger partial charge in [-0.2, -0.15) is 0 Å². The van der Waals surface area contributed by atoms with Crippen molar-refractivity contribution < 1.29 is 5.11 Å². The van der Waals surface area contributed by atoms with Crippen LogP contribution < -0.4 is 10.2 Å². The van der Waals surface area contributed by atoms with Gasteiger partial charge in [0.15, 0.2) is 0 Å². The zero-order chi connectivity index (χ0) is 19.0. The van der Waals surface area contributed by atoms with Gasteiger partial charge < -0.3 is 15.3 Å². The summed E-state index contributed by atoms with van der Waals surface area (Å²) >= 11 is 1.47.